The summed E-state index contributed by atoms with van der Waals surface area (Å²) in [6.45, 7) is 3.27. The van der Waals surface area contributed by atoms with Gasteiger partial charge in [-0.15, -0.1) is 0 Å². The van der Waals surface area contributed by atoms with E-state index in [1.165, 1.54) is 6.26 Å². The molecule has 0 aromatic carbocycles. The average molecular weight is 200 g/mol. The second-order valence-corrected chi connectivity index (χ2v) is 2.99. The van der Waals surface area contributed by atoms with Crippen LogP contribution in [0.15, 0.2) is 10.7 Å². The Morgan fingerprint density at radius 1 is 1.43 bits per heavy atom. The van der Waals surface area contributed by atoms with Crippen molar-refractivity contribution in [2.24, 2.45) is 0 Å². The number of rotatable bonds is 6. The van der Waals surface area contributed by atoms with Gasteiger partial charge in [0.25, 0.3) is 6.01 Å². The SMILES string of the molecule is CCCN(CCO)c1nc(CO)co1. The van der Waals surface area contributed by atoms with Crippen LogP contribution in [0.25, 0.3) is 0 Å². The van der Waals surface area contributed by atoms with Crippen molar-refractivity contribution in [1.82, 2.24) is 4.98 Å². The van der Waals surface area contributed by atoms with Crippen molar-refractivity contribution in [3.8, 4) is 0 Å². The predicted molar refractivity (Wildman–Crippen MR) is 52.0 cm³/mol. The van der Waals surface area contributed by atoms with E-state index in [1.54, 1.807) is 0 Å². The van der Waals surface area contributed by atoms with Gasteiger partial charge >= 0.3 is 0 Å². The second kappa shape index (κ2) is 5.62. The molecule has 0 amide bonds. The molecule has 0 fully saturated rings. The number of aliphatic hydroxyl groups is 2. The highest BCUT2D eigenvalue weighted by Gasteiger charge is 2.10. The molecular weight excluding hydrogens is 184 g/mol. The molecule has 0 unspecified atom stereocenters. The van der Waals surface area contributed by atoms with Gasteiger partial charge in [0, 0.05) is 13.1 Å². The summed E-state index contributed by atoms with van der Waals surface area (Å²) in [5.41, 5.74) is 0.513. The molecule has 0 aliphatic carbocycles. The van der Waals surface area contributed by atoms with Crippen molar-refractivity contribution in [2.45, 2.75) is 20.0 Å². The summed E-state index contributed by atoms with van der Waals surface area (Å²) in [5, 5.41) is 17.6. The largest absolute Gasteiger partial charge is 0.432 e. The van der Waals surface area contributed by atoms with E-state index in [0.717, 1.165) is 13.0 Å². The molecule has 80 valence electrons. The number of hydrogen-bond donors (Lipinski definition) is 2. The van der Waals surface area contributed by atoms with Crippen LogP contribution in [-0.2, 0) is 6.61 Å². The van der Waals surface area contributed by atoms with Crippen LogP contribution in [0.3, 0.4) is 0 Å². The molecular formula is C9H16N2O3. The Morgan fingerprint density at radius 2 is 2.21 bits per heavy atom. The zero-order valence-corrected chi connectivity index (χ0v) is 8.31. The molecule has 1 heterocycles. The van der Waals surface area contributed by atoms with Gasteiger partial charge in [0.05, 0.1) is 13.2 Å². The molecule has 14 heavy (non-hydrogen) atoms. The Kier molecular flexibility index (Phi) is 4.42. The smallest absolute Gasteiger partial charge is 0.297 e. The molecule has 0 atom stereocenters. The molecule has 0 spiro atoms. The molecule has 5 heteroatoms. The lowest BCUT2D eigenvalue weighted by Gasteiger charge is -2.17. The van der Waals surface area contributed by atoms with Gasteiger partial charge in [-0.3, -0.25) is 0 Å². The molecule has 1 rings (SSSR count). The predicted octanol–water partition coefficient (Wildman–Crippen LogP) is 0.376. The molecule has 1 aromatic rings. The molecule has 0 saturated heterocycles. The van der Waals surface area contributed by atoms with Gasteiger partial charge in [-0.1, -0.05) is 6.92 Å². The van der Waals surface area contributed by atoms with Crippen LogP contribution in [0.2, 0.25) is 0 Å². The Labute approximate surface area is 83.0 Å². The van der Waals surface area contributed by atoms with E-state index in [-0.39, 0.29) is 13.2 Å². The molecule has 0 aliphatic rings. The summed E-state index contributed by atoms with van der Waals surface area (Å²) in [6.07, 6.45) is 2.38. The minimum Gasteiger partial charge on any atom is -0.432 e. The third-order valence-electron chi connectivity index (χ3n) is 1.84. The fourth-order valence-corrected chi connectivity index (χ4v) is 1.21. The second-order valence-electron chi connectivity index (χ2n) is 2.99. The summed E-state index contributed by atoms with van der Waals surface area (Å²) in [6, 6.07) is 0.463. The van der Waals surface area contributed by atoms with Gasteiger partial charge in [0.15, 0.2) is 0 Å². The van der Waals surface area contributed by atoms with Gasteiger partial charge in [-0.05, 0) is 6.42 Å². The maximum atomic E-state index is 8.83. The molecule has 2 N–H and O–H groups in total. The molecule has 1 aromatic heterocycles. The first-order valence-electron chi connectivity index (χ1n) is 4.72. The first-order chi connectivity index (χ1) is 6.81. The van der Waals surface area contributed by atoms with Gasteiger partial charge in [0.1, 0.15) is 12.0 Å². The van der Waals surface area contributed by atoms with Gasteiger partial charge in [-0.25, -0.2) is 0 Å². The van der Waals surface area contributed by atoms with E-state index in [1.807, 2.05) is 11.8 Å². The van der Waals surface area contributed by atoms with Crippen LogP contribution in [-0.4, -0.2) is 34.9 Å². The topological polar surface area (TPSA) is 69.7 Å². The van der Waals surface area contributed by atoms with Gasteiger partial charge in [-0.2, -0.15) is 4.98 Å². The number of aromatic nitrogens is 1. The van der Waals surface area contributed by atoms with Crippen molar-refractivity contribution in [3.63, 3.8) is 0 Å². The van der Waals surface area contributed by atoms with Crippen molar-refractivity contribution in [2.75, 3.05) is 24.6 Å². The maximum absolute atomic E-state index is 8.83. The normalized spacial score (nSPS) is 10.5. The summed E-state index contributed by atoms with van der Waals surface area (Å²) < 4.78 is 5.17. The monoisotopic (exact) mass is 200 g/mol. The van der Waals surface area contributed by atoms with E-state index < -0.39 is 0 Å². The minimum atomic E-state index is -0.122. The number of oxazole rings is 1. The first-order valence-corrected chi connectivity index (χ1v) is 4.72. The lowest BCUT2D eigenvalue weighted by atomic mass is 10.4. The Bertz CT molecular complexity index is 256. The van der Waals surface area contributed by atoms with Crippen molar-refractivity contribution < 1.29 is 14.6 Å². The summed E-state index contributed by atoms with van der Waals surface area (Å²) >= 11 is 0. The molecule has 0 saturated carbocycles. The highest BCUT2D eigenvalue weighted by atomic mass is 16.4. The van der Waals surface area contributed by atoms with E-state index in [9.17, 15) is 0 Å². The zero-order chi connectivity index (χ0) is 10.4. The standard InChI is InChI=1S/C9H16N2O3/c1-2-3-11(4-5-12)9-10-8(6-13)7-14-9/h7,12-13H,2-6H2,1H3. The summed E-state index contributed by atoms with van der Waals surface area (Å²) in [4.78, 5) is 5.91. The Hall–Kier alpha value is -1.07. The van der Waals surface area contributed by atoms with E-state index >= 15 is 0 Å². The Balaban J connectivity index is 2.65. The average Bonchev–Trinajstić information content (AvgIpc) is 2.65. The van der Waals surface area contributed by atoms with E-state index in [4.69, 9.17) is 14.6 Å². The number of anilines is 1. The highest BCUT2D eigenvalue weighted by Crippen LogP contribution is 2.13. The summed E-state index contributed by atoms with van der Waals surface area (Å²) in [5.74, 6) is 0. The fourth-order valence-electron chi connectivity index (χ4n) is 1.21. The fraction of sp³-hybridized carbons (Fsp3) is 0.667. The lowest BCUT2D eigenvalue weighted by Crippen LogP contribution is -2.27. The number of aliphatic hydroxyl groups excluding tert-OH is 2. The maximum Gasteiger partial charge on any atom is 0.297 e. The first kappa shape index (κ1) is 11.0. The van der Waals surface area contributed by atoms with Crippen molar-refractivity contribution in [1.29, 1.82) is 0 Å². The van der Waals surface area contributed by atoms with Crippen LogP contribution in [0.4, 0.5) is 6.01 Å². The number of nitrogens with zero attached hydrogens (tertiary/aromatic N) is 2. The van der Waals surface area contributed by atoms with Crippen LogP contribution >= 0.6 is 0 Å². The van der Waals surface area contributed by atoms with Crippen LogP contribution in [0.1, 0.15) is 19.0 Å². The van der Waals surface area contributed by atoms with Crippen LogP contribution in [0, 0.1) is 0 Å². The zero-order valence-electron chi connectivity index (χ0n) is 8.31. The summed E-state index contributed by atoms with van der Waals surface area (Å²) in [7, 11) is 0. The number of hydrogen-bond acceptors (Lipinski definition) is 5. The third kappa shape index (κ3) is 2.71. The molecule has 5 nitrogen and oxygen atoms in total. The van der Waals surface area contributed by atoms with E-state index in [0.29, 0.717) is 18.3 Å². The van der Waals surface area contributed by atoms with Crippen molar-refractivity contribution >= 4 is 6.01 Å². The minimum absolute atomic E-state index is 0.0663. The quantitative estimate of drug-likeness (QED) is 0.694. The van der Waals surface area contributed by atoms with Crippen LogP contribution in [0.5, 0.6) is 0 Å². The molecule has 0 aliphatic heterocycles. The van der Waals surface area contributed by atoms with Gasteiger partial charge in [0.2, 0.25) is 0 Å². The van der Waals surface area contributed by atoms with Crippen LogP contribution < -0.4 is 4.90 Å². The van der Waals surface area contributed by atoms with E-state index in [2.05, 4.69) is 4.98 Å². The molecule has 0 radical (unpaired) electrons. The Morgan fingerprint density at radius 3 is 2.71 bits per heavy atom. The van der Waals surface area contributed by atoms with Crippen molar-refractivity contribution in [3.05, 3.63) is 12.0 Å². The molecule has 0 bridgehead atoms. The van der Waals surface area contributed by atoms with Gasteiger partial charge < -0.3 is 19.5 Å². The highest BCUT2D eigenvalue weighted by molar-refractivity contribution is 5.26. The third-order valence-corrected chi connectivity index (χ3v) is 1.84. The lowest BCUT2D eigenvalue weighted by molar-refractivity contribution is 0.276.